The Kier molecular flexibility index (Phi) is 11.1. The minimum Gasteiger partial charge on any atom is -0.310 e. The predicted octanol–water partition coefficient (Wildman–Crippen LogP) is 21.9. The zero-order valence-electron chi connectivity index (χ0n) is 47.5. The molecule has 0 N–H and O–H groups in total. The quantitative estimate of drug-likeness (QED) is 0.150. The molecule has 1 aromatic heterocycles. The van der Waals surface area contributed by atoms with Gasteiger partial charge in [-0.2, -0.15) is 0 Å². The molecular weight excluding hydrogens is 1070 g/mol. The standard InChI is InChI=1S/C84H54N2S/c1-3-26-60(27-4-1)83(71-36-14-10-32-65(71)66-33-11-15-37-72(66)83)70-35-13-9-31-64(70)59-25-21-30-63(51-59)85(77-41-22-42-78-82(77)69-52-56-23-7-8-24-57(56)54-79(69)86(78)61-28-5-2-6-29-61)62-48-45-55(46-49-62)58-47-50-68-67-34-12-16-38-73(67)84(76(68)53-58)74-39-17-19-43-80(74)87-81-44-20-18-40-75(81)84/h1-54H. The summed E-state index contributed by atoms with van der Waals surface area (Å²) >= 11 is 1.89. The van der Waals surface area contributed by atoms with Crippen LogP contribution in [0.2, 0.25) is 0 Å². The van der Waals surface area contributed by atoms with Crippen LogP contribution in [0.15, 0.2) is 337 Å². The van der Waals surface area contributed by atoms with E-state index in [9.17, 15) is 0 Å². The van der Waals surface area contributed by atoms with Crippen LogP contribution in [-0.2, 0) is 10.8 Å². The minimum absolute atomic E-state index is 0.463. The summed E-state index contributed by atoms with van der Waals surface area (Å²) in [5.41, 5.74) is 25.9. The topological polar surface area (TPSA) is 8.17 Å². The number of hydrogen-bond acceptors (Lipinski definition) is 2. The molecule has 2 nitrogen and oxygen atoms in total. The average molecular weight is 1120 g/mol. The maximum atomic E-state index is 2.51. The van der Waals surface area contributed by atoms with E-state index < -0.39 is 10.8 Å². The Morgan fingerprint density at radius 1 is 0.287 bits per heavy atom. The number of para-hydroxylation sites is 1. The summed E-state index contributed by atoms with van der Waals surface area (Å²) in [7, 11) is 0. The molecule has 0 saturated heterocycles. The lowest BCUT2D eigenvalue weighted by Crippen LogP contribution is -2.31. The SMILES string of the molecule is c1ccc(-n2c3cc4ccccc4cc3c3c(N(c4ccc(-c5ccc6c(c5)C5(c7ccccc7Sc7ccccc75)c5ccccc5-6)cc4)c4cccc(-c5ccccc5C5(c6ccccc6)c6ccccc6-c6ccccc65)c4)cccc32)cc1. The van der Waals surface area contributed by atoms with Gasteiger partial charge in [-0.05, 0) is 179 Å². The highest BCUT2D eigenvalue weighted by Gasteiger charge is 2.51. The van der Waals surface area contributed by atoms with Gasteiger partial charge in [0.05, 0.1) is 27.6 Å². The van der Waals surface area contributed by atoms with Crippen LogP contribution in [0.5, 0.6) is 0 Å². The maximum Gasteiger partial charge on any atom is 0.0735 e. The van der Waals surface area contributed by atoms with Crippen LogP contribution in [0, 0.1) is 0 Å². The third-order valence-electron chi connectivity index (χ3n) is 19.1. The van der Waals surface area contributed by atoms with Crippen molar-refractivity contribution in [2.45, 2.75) is 20.6 Å². The van der Waals surface area contributed by atoms with E-state index in [2.05, 4.69) is 337 Å². The molecule has 3 heteroatoms. The zero-order chi connectivity index (χ0) is 57.2. The molecule has 3 aliphatic rings. The number of fused-ring (bicyclic) bond motifs is 16. The molecule has 1 aliphatic heterocycles. The molecule has 406 valence electrons. The van der Waals surface area contributed by atoms with Gasteiger partial charge in [0.1, 0.15) is 0 Å². The zero-order valence-corrected chi connectivity index (χ0v) is 48.3. The largest absolute Gasteiger partial charge is 0.310 e. The Bertz CT molecular complexity index is 5180. The van der Waals surface area contributed by atoms with E-state index in [1.807, 2.05) is 11.8 Å². The molecule has 87 heavy (non-hydrogen) atoms. The Morgan fingerprint density at radius 2 is 0.793 bits per heavy atom. The van der Waals surface area contributed by atoms with Gasteiger partial charge in [-0.3, -0.25) is 0 Å². The molecule has 2 aliphatic carbocycles. The Hall–Kier alpha value is -10.7. The fourth-order valence-electron chi connectivity index (χ4n) is 15.6. The number of rotatable bonds is 8. The fourth-order valence-corrected chi connectivity index (χ4v) is 16.8. The van der Waals surface area contributed by atoms with Crippen LogP contribution in [-0.4, -0.2) is 4.57 Å². The monoisotopic (exact) mass is 1120 g/mol. The molecule has 0 fully saturated rings. The second-order valence-corrected chi connectivity index (χ2v) is 24.5. The van der Waals surface area contributed by atoms with Crippen molar-refractivity contribution in [1.29, 1.82) is 0 Å². The number of anilines is 3. The summed E-state index contributed by atoms with van der Waals surface area (Å²) in [6.45, 7) is 0. The first-order valence-electron chi connectivity index (χ1n) is 30.1. The van der Waals surface area contributed by atoms with Crippen LogP contribution in [0.3, 0.4) is 0 Å². The maximum absolute atomic E-state index is 2.51. The minimum atomic E-state index is -0.576. The number of nitrogens with zero attached hydrogens (tertiary/aromatic N) is 2. The third kappa shape index (κ3) is 7.18. The van der Waals surface area contributed by atoms with E-state index in [1.54, 1.807) is 0 Å². The van der Waals surface area contributed by atoms with Crippen molar-refractivity contribution in [3.8, 4) is 50.2 Å². The van der Waals surface area contributed by atoms with Crippen molar-refractivity contribution in [3.05, 3.63) is 372 Å². The fraction of sp³-hybridized carbons (Fsp3) is 0.0238. The first-order valence-corrected chi connectivity index (χ1v) is 31.0. The van der Waals surface area contributed by atoms with Gasteiger partial charge in [0.2, 0.25) is 0 Å². The molecule has 15 aromatic rings. The first kappa shape index (κ1) is 49.7. The van der Waals surface area contributed by atoms with Gasteiger partial charge in [0, 0.05) is 37.6 Å². The number of aromatic nitrogens is 1. The van der Waals surface area contributed by atoms with Gasteiger partial charge in [-0.15, -0.1) is 0 Å². The highest BCUT2D eigenvalue weighted by Crippen LogP contribution is 2.63. The summed E-state index contributed by atoms with van der Waals surface area (Å²) in [6.07, 6.45) is 0. The molecule has 0 atom stereocenters. The van der Waals surface area contributed by atoms with Crippen molar-refractivity contribution in [2.75, 3.05) is 4.90 Å². The molecule has 0 saturated carbocycles. The normalized spacial score (nSPS) is 13.7. The molecule has 1 spiro atoms. The van der Waals surface area contributed by atoms with Crippen molar-refractivity contribution in [3.63, 3.8) is 0 Å². The van der Waals surface area contributed by atoms with Crippen molar-refractivity contribution in [2.24, 2.45) is 0 Å². The second-order valence-electron chi connectivity index (χ2n) is 23.4. The Morgan fingerprint density at radius 3 is 1.45 bits per heavy atom. The Balaban J connectivity index is 0.851. The summed E-state index contributed by atoms with van der Waals surface area (Å²) in [4.78, 5) is 5.12. The van der Waals surface area contributed by atoms with Gasteiger partial charge >= 0.3 is 0 Å². The highest BCUT2D eigenvalue weighted by molar-refractivity contribution is 7.99. The van der Waals surface area contributed by atoms with Crippen molar-refractivity contribution >= 4 is 61.4 Å². The van der Waals surface area contributed by atoms with E-state index >= 15 is 0 Å². The predicted molar refractivity (Wildman–Crippen MR) is 363 cm³/mol. The lowest BCUT2D eigenvalue weighted by Gasteiger charge is -2.39. The van der Waals surface area contributed by atoms with E-state index in [4.69, 9.17) is 0 Å². The smallest absolute Gasteiger partial charge is 0.0735 e. The highest BCUT2D eigenvalue weighted by atomic mass is 32.2. The third-order valence-corrected chi connectivity index (χ3v) is 20.3. The molecule has 18 rings (SSSR count). The van der Waals surface area contributed by atoms with Gasteiger partial charge in [0.25, 0.3) is 0 Å². The molecular formula is C84H54N2S. The lowest BCUT2D eigenvalue weighted by molar-refractivity contribution is 0.722. The van der Waals surface area contributed by atoms with Crippen LogP contribution >= 0.6 is 11.8 Å². The first-order chi connectivity index (χ1) is 43.2. The van der Waals surface area contributed by atoms with Crippen LogP contribution in [0.25, 0.3) is 82.8 Å². The molecule has 0 bridgehead atoms. The van der Waals surface area contributed by atoms with Crippen molar-refractivity contribution < 1.29 is 0 Å². The van der Waals surface area contributed by atoms with Gasteiger partial charge < -0.3 is 9.47 Å². The van der Waals surface area contributed by atoms with Gasteiger partial charge in [0.15, 0.2) is 0 Å². The molecule has 0 radical (unpaired) electrons. The summed E-state index contributed by atoms with van der Waals surface area (Å²) < 4.78 is 2.45. The Labute approximate surface area is 510 Å². The average Bonchev–Trinajstić information content (AvgIpc) is 1.62. The summed E-state index contributed by atoms with van der Waals surface area (Å²) in [5.74, 6) is 0. The van der Waals surface area contributed by atoms with E-state index in [-0.39, 0.29) is 0 Å². The molecule has 0 amide bonds. The van der Waals surface area contributed by atoms with Crippen molar-refractivity contribution in [1.82, 2.24) is 4.57 Å². The molecule has 2 heterocycles. The second kappa shape index (κ2) is 19.4. The van der Waals surface area contributed by atoms with E-state index in [0.717, 1.165) is 39.4 Å². The van der Waals surface area contributed by atoms with Crippen LogP contribution < -0.4 is 4.90 Å². The van der Waals surface area contributed by atoms with Gasteiger partial charge in [-0.25, -0.2) is 0 Å². The summed E-state index contributed by atoms with van der Waals surface area (Å²) in [6, 6.07) is 123. The van der Waals surface area contributed by atoms with E-state index in [0.29, 0.717) is 0 Å². The van der Waals surface area contributed by atoms with E-state index in [1.165, 1.54) is 115 Å². The molecule has 0 unspecified atom stereocenters. The number of hydrogen-bond donors (Lipinski definition) is 0. The molecule has 14 aromatic carbocycles. The van der Waals surface area contributed by atoms with Gasteiger partial charge in [-0.1, -0.05) is 260 Å². The summed E-state index contributed by atoms with van der Waals surface area (Å²) in [5, 5.41) is 4.81. The van der Waals surface area contributed by atoms with Crippen LogP contribution in [0.4, 0.5) is 17.1 Å². The number of benzene rings is 14. The lowest BCUT2D eigenvalue weighted by atomic mass is 9.66. The van der Waals surface area contributed by atoms with Crippen LogP contribution in [0.1, 0.15) is 44.5 Å².